The summed E-state index contributed by atoms with van der Waals surface area (Å²) in [4.78, 5) is 0. The van der Waals surface area contributed by atoms with Crippen LogP contribution in [0.25, 0.3) is 0 Å². The topological polar surface area (TPSA) is 29.5 Å². The molecule has 1 aromatic carbocycles. The average molecular weight is 322 g/mol. The standard InChI is InChI=1S/C9H5Cl5O2/c10-4-3-5(15)7(13)8(14)9(4)16-2-1-6(11)12/h1,3,15H,2H2. The molecule has 0 radical (unpaired) electrons. The first-order valence-electron chi connectivity index (χ1n) is 3.94. The average Bonchev–Trinajstić information content (AvgIpc) is 2.19. The van der Waals surface area contributed by atoms with Crippen LogP contribution >= 0.6 is 58.0 Å². The van der Waals surface area contributed by atoms with Gasteiger partial charge in [0.1, 0.15) is 26.9 Å². The molecule has 0 saturated carbocycles. The van der Waals surface area contributed by atoms with E-state index >= 15 is 0 Å². The van der Waals surface area contributed by atoms with E-state index in [4.69, 9.17) is 62.7 Å². The lowest BCUT2D eigenvalue weighted by Crippen LogP contribution is -1.95. The molecule has 0 fully saturated rings. The van der Waals surface area contributed by atoms with E-state index in [0.29, 0.717) is 0 Å². The Morgan fingerprint density at radius 3 is 2.44 bits per heavy atom. The van der Waals surface area contributed by atoms with Crippen LogP contribution in [0.3, 0.4) is 0 Å². The van der Waals surface area contributed by atoms with Crippen LogP contribution in [0.2, 0.25) is 15.1 Å². The van der Waals surface area contributed by atoms with Crippen molar-refractivity contribution in [3.63, 3.8) is 0 Å². The molecule has 1 aromatic rings. The van der Waals surface area contributed by atoms with Crippen molar-refractivity contribution in [1.29, 1.82) is 0 Å². The maximum atomic E-state index is 9.31. The molecule has 0 aromatic heterocycles. The van der Waals surface area contributed by atoms with Crippen molar-refractivity contribution in [3.8, 4) is 11.5 Å². The normalized spacial score (nSPS) is 10.1. The van der Waals surface area contributed by atoms with Gasteiger partial charge in [0.2, 0.25) is 0 Å². The molecule has 0 unspecified atom stereocenters. The minimum absolute atomic E-state index is 0.0259. The lowest BCUT2D eigenvalue weighted by atomic mass is 10.3. The molecule has 0 spiro atoms. The fourth-order valence-electron chi connectivity index (χ4n) is 0.886. The summed E-state index contributed by atoms with van der Waals surface area (Å²) < 4.78 is 5.28. The van der Waals surface area contributed by atoms with Gasteiger partial charge in [-0.15, -0.1) is 0 Å². The van der Waals surface area contributed by atoms with E-state index in [9.17, 15) is 5.11 Å². The number of aromatic hydroxyl groups is 1. The summed E-state index contributed by atoms with van der Waals surface area (Å²) in [6.07, 6.45) is 1.41. The minimum atomic E-state index is -0.213. The second kappa shape index (κ2) is 6.08. The van der Waals surface area contributed by atoms with Crippen molar-refractivity contribution in [2.24, 2.45) is 0 Å². The van der Waals surface area contributed by atoms with Crippen LogP contribution < -0.4 is 4.74 Å². The highest BCUT2D eigenvalue weighted by atomic mass is 35.5. The molecule has 0 aliphatic heterocycles. The van der Waals surface area contributed by atoms with Crippen molar-refractivity contribution in [2.45, 2.75) is 0 Å². The van der Waals surface area contributed by atoms with E-state index in [2.05, 4.69) is 0 Å². The van der Waals surface area contributed by atoms with Gasteiger partial charge in [-0.2, -0.15) is 0 Å². The van der Waals surface area contributed by atoms with Crippen molar-refractivity contribution >= 4 is 58.0 Å². The lowest BCUT2D eigenvalue weighted by molar-refractivity contribution is 0.362. The molecule has 1 rings (SSSR count). The number of phenols is 1. The second-order valence-corrected chi connectivity index (χ2v) is 4.81. The van der Waals surface area contributed by atoms with Crippen molar-refractivity contribution in [1.82, 2.24) is 0 Å². The van der Waals surface area contributed by atoms with Crippen LogP contribution in [0.5, 0.6) is 11.5 Å². The van der Waals surface area contributed by atoms with Crippen molar-refractivity contribution in [2.75, 3.05) is 6.61 Å². The summed E-state index contributed by atoms with van der Waals surface area (Å²) in [5.41, 5.74) is 0. The van der Waals surface area contributed by atoms with Gasteiger partial charge in [-0.25, -0.2) is 0 Å². The van der Waals surface area contributed by atoms with Gasteiger partial charge in [-0.05, 0) is 6.08 Å². The van der Waals surface area contributed by atoms with Crippen LogP contribution in [0.4, 0.5) is 0 Å². The molecule has 0 aliphatic carbocycles. The number of halogens is 5. The monoisotopic (exact) mass is 320 g/mol. The molecule has 0 saturated heterocycles. The van der Waals surface area contributed by atoms with Crippen LogP contribution in [0.1, 0.15) is 0 Å². The predicted molar refractivity (Wildman–Crippen MR) is 68.4 cm³/mol. The van der Waals surface area contributed by atoms with Crippen molar-refractivity contribution < 1.29 is 9.84 Å². The Labute approximate surface area is 117 Å². The van der Waals surface area contributed by atoms with E-state index in [1.807, 2.05) is 0 Å². The molecule has 0 amide bonds. The van der Waals surface area contributed by atoms with Crippen molar-refractivity contribution in [3.05, 3.63) is 31.7 Å². The van der Waals surface area contributed by atoms with Gasteiger partial charge < -0.3 is 9.84 Å². The van der Waals surface area contributed by atoms with Crippen LogP contribution in [-0.4, -0.2) is 11.7 Å². The smallest absolute Gasteiger partial charge is 0.158 e. The summed E-state index contributed by atoms with van der Waals surface area (Å²) in [6.45, 7) is 0.0862. The Morgan fingerprint density at radius 1 is 1.25 bits per heavy atom. The number of rotatable bonds is 3. The largest absolute Gasteiger partial charge is 0.506 e. The molecule has 16 heavy (non-hydrogen) atoms. The Balaban J connectivity index is 2.96. The molecule has 7 heteroatoms. The van der Waals surface area contributed by atoms with E-state index in [1.54, 1.807) is 0 Å². The Kier molecular flexibility index (Phi) is 5.35. The van der Waals surface area contributed by atoms with Gasteiger partial charge >= 0.3 is 0 Å². The first-order valence-corrected chi connectivity index (χ1v) is 5.83. The summed E-state index contributed by atoms with van der Waals surface area (Å²) in [5.74, 6) is -0.0492. The molecule has 0 bridgehead atoms. The molecule has 2 nitrogen and oxygen atoms in total. The quantitative estimate of drug-likeness (QED) is 0.789. The molecule has 0 heterocycles. The third-order valence-corrected chi connectivity index (χ3v) is 2.99. The predicted octanol–water partition coefficient (Wildman–Crippen LogP) is 5.05. The molecular weight excluding hydrogens is 317 g/mol. The van der Waals surface area contributed by atoms with Crippen LogP contribution in [0, 0.1) is 0 Å². The number of benzene rings is 1. The van der Waals surface area contributed by atoms with Gasteiger partial charge in [0.25, 0.3) is 0 Å². The van der Waals surface area contributed by atoms with Crippen LogP contribution in [-0.2, 0) is 0 Å². The Bertz CT molecular complexity index is 426. The zero-order valence-electron chi connectivity index (χ0n) is 7.61. The highest BCUT2D eigenvalue weighted by molar-refractivity contribution is 6.55. The second-order valence-electron chi connectivity index (χ2n) is 2.64. The highest BCUT2D eigenvalue weighted by Gasteiger charge is 2.15. The highest BCUT2D eigenvalue weighted by Crippen LogP contribution is 2.43. The van der Waals surface area contributed by atoms with E-state index < -0.39 is 0 Å². The Hall–Kier alpha value is 0.01000. The first-order chi connectivity index (χ1) is 7.43. The molecule has 1 N–H and O–H groups in total. The summed E-state index contributed by atoms with van der Waals surface area (Å²) in [7, 11) is 0. The van der Waals surface area contributed by atoms with Gasteiger partial charge in [0.15, 0.2) is 5.75 Å². The fourth-order valence-corrected chi connectivity index (χ4v) is 1.71. The van der Waals surface area contributed by atoms with Gasteiger partial charge in [-0.1, -0.05) is 58.0 Å². The third-order valence-electron chi connectivity index (χ3n) is 1.56. The molecule has 88 valence electrons. The fraction of sp³-hybridized carbons (Fsp3) is 0.111. The SMILES string of the molecule is Oc1cc(Cl)c(OCC=C(Cl)Cl)c(Cl)c1Cl. The lowest BCUT2D eigenvalue weighted by Gasteiger charge is -2.10. The number of hydrogen-bond acceptors (Lipinski definition) is 2. The molecular formula is C9H5Cl5O2. The maximum Gasteiger partial charge on any atom is 0.158 e. The van der Waals surface area contributed by atoms with E-state index in [1.165, 1.54) is 12.1 Å². The summed E-state index contributed by atoms with van der Waals surface area (Å²) in [5, 5.41) is 9.46. The summed E-state index contributed by atoms with van der Waals surface area (Å²) in [6, 6.07) is 1.23. The van der Waals surface area contributed by atoms with Gasteiger partial charge in [-0.3, -0.25) is 0 Å². The molecule has 0 atom stereocenters. The maximum absolute atomic E-state index is 9.31. The zero-order chi connectivity index (χ0) is 12.3. The molecule has 0 aliphatic rings. The van der Waals surface area contributed by atoms with Crippen LogP contribution in [0.15, 0.2) is 16.6 Å². The van der Waals surface area contributed by atoms with Gasteiger partial charge in [0, 0.05) is 6.07 Å². The number of hydrogen-bond donors (Lipinski definition) is 1. The first kappa shape index (κ1) is 14.1. The zero-order valence-corrected chi connectivity index (χ0v) is 11.4. The van der Waals surface area contributed by atoms with E-state index in [-0.39, 0.29) is 37.7 Å². The summed E-state index contributed by atoms with van der Waals surface area (Å²) >= 11 is 28.1. The number of phenolic OH excluding ortho intramolecular Hbond substituents is 1. The third kappa shape index (κ3) is 3.51. The number of ether oxygens (including phenoxy) is 1. The van der Waals surface area contributed by atoms with Gasteiger partial charge in [0.05, 0.1) is 5.02 Å². The Morgan fingerprint density at radius 2 is 1.88 bits per heavy atom. The van der Waals surface area contributed by atoms with E-state index in [0.717, 1.165) is 0 Å². The minimum Gasteiger partial charge on any atom is -0.506 e.